The van der Waals surface area contributed by atoms with Gasteiger partial charge in [0.1, 0.15) is 6.04 Å². The summed E-state index contributed by atoms with van der Waals surface area (Å²) >= 11 is 5.88. The van der Waals surface area contributed by atoms with Crippen LogP contribution in [0.1, 0.15) is 45.2 Å². The lowest BCUT2D eigenvalue weighted by Crippen LogP contribution is -2.43. The molecular formula is C18H25ClN2O4. The van der Waals surface area contributed by atoms with E-state index in [0.29, 0.717) is 11.4 Å². The molecule has 0 aliphatic carbocycles. The van der Waals surface area contributed by atoms with Crippen LogP contribution in [0.25, 0.3) is 0 Å². The molecule has 138 valence electrons. The molecule has 0 saturated heterocycles. The van der Waals surface area contributed by atoms with Crippen LogP contribution in [0.2, 0.25) is 5.02 Å². The second-order valence-electron chi connectivity index (χ2n) is 6.28. The second kappa shape index (κ2) is 10.0. The van der Waals surface area contributed by atoms with Gasteiger partial charge in [-0.1, -0.05) is 37.6 Å². The maximum atomic E-state index is 12.4. The Balaban J connectivity index is 2.84. The van der Waals surface area contributed by atoms with E-state index < -0.39 is 18.1 Å². The highest BCUT2D eigenvalue weighted by Gasteiger charge is 2.24. The molecule has 2 atom stereocenters. The van der Waals surface area contributed by atoms with Crippen molar-refractivity contribution in [2.45, 2.75) is 45.7 Å². The van der Waals surface area contributed by atoms with Gasteiger partial charge < -0.3 is 15.4 Å². The van der Waals surface area contributed by atoms with E-state index in [1.165, 1.54) is 14.0 Å². The molecule has 0 aliphatic rings. The molecule has 0 fully saturated rings. The largest absolute Gasteiger partial charge is 0.467 e. The van der Waals surface area contributed by atoms with Crippen LogP contribution in [-0.2, 0) is 19.1 Å². The van der Waals surface area contributed by atoms with E-state index in [0.717, 1.165) is 5.56 Å². The summed E-state index contributed by atoms with van der Waals surface area (Å²) in [5.41, 5.74) is 0.758. The lowest BCUT2D eigenvalue weighted by atomic mass is 10.0. The van der Waals surface area contributed by atoms with Crippen LogP contribution >= 0.6 is 11.6 Å². The standard InChI is InChI=1S/C18H25ClN2O4/c1-11(2)9-16(18(24)25-4)21-17(23)10-15(20-12(3)22)13-5-7-14(19)8-6-13/h5-8,11,15-16H,9-10H2,1-4H3,(H,20,22)(H,21,23). The third kappa shape index (κ3) is 7.56. The van der Waals surface area contributed by atoms with Crippen LogP contribution in [-0.4, -0.2) is 30.9 Å². The summed E-state index contributed by atoms with van der Waals surface area (Å²) in [6.07, 6.45) is 0.483. The fraction of sp³-hybridized carbons (Fsp3) is 0.500. The molecule has 1 rings (SSSR count). The van der Waals surface area contributed by atoms with Crippen LogP contribution in [0.3, 0.4) is 0 Å². The van der Waals surface area contributed by atoms with E-state index >= 15 is 0 Å². The SMILES string of the molecule is COC(=O)C(CC(C)C)NC(=O)CC(NC(C)=O)c1ccc(Cl)cc1. The van der Waals surface area contributed by atoms with Crippen molar-refractivity contribution in [2.75, 3.05) is 7.11 Å². The molecule has 2 N–H and O–H groups in total. The molecule has 1 aromatic carbocycles. The number of nitrogens with one attached hydrogen (secondary N) is 2. The minimum Gasteiger partial charge on any atom is -0.467 e. The van der Waals surface area contributed by atoms with Gasteiger partial charge in [-0.2, -0.15) is 0 Å². The highest BCUT2D eigenvalue weighted by Crippen LogP contribution is 2.20. The van der Waals surface area contributed by atoms with Crippen molar-refractivity contribution in [2.24, 2.45) is 5.92 Å². The molecule has 1 aromatic rings. The maximum Gasteiger partial charge on any atom is 0.328 e. The van der Waals surface area contributed by atoms with Crippen molar-refractivity contribution < 1.29 is 19.1 Å². The average Bonchev–Trinajstić information content (AvgIpc) is 2.52. The fourth-order valence-electron chi connectivity index (χ4n) is 2.46. The van der Waals surface area contributed by atoms with Gasteiger partial charge in [0, 0.05) is 11.9 Å². The van der Waals surface area contributed by atoms with Crippen molar-refractivity contribution in [3.63, 3.8) is 0 Å². The third-order valence-corrected chi connectivity index (χ3v) is 3.82. The van der Waals surface area contributed by atoms with Gasteiger partial charge in [0.2, 0.25) is 11.8 Å². The summed E-state index contributed by atoms with van der Waals surface area (Å²) in [6.45, 7) is 5.29. The molecule has 0 saturated carbocycles. The Morgan fingerprint density at radius 3 is 2.20 bits per heavy atom. The second-order valence-corrected chi connectivity index (χ2v) is 6.72. The number of hydrogen-bond donors (Lipinski definition) is 2. The summed E-state index contributed by atoms with van der Waals surface area (Å²) in [5.74, 6) is -0.861. The van der Waals surface area contributed by atoms with Gasteiger partial charge >= 0.3 is 5.97 Å². The van der Waals surface area contributed by atoms with E-state index in [9.17, 15) is 14.4 Å². The average molecular weight is 369 g/mol. The lowest BCUT2D eigenvalue weighted by Gasteiger charge is -2.22. The number of halogens is 1. The van der Waals surface area contributed by atoms with Gasteiger partial charge in [0.25, 0.3) is 0 Å². The first-order chi connectivity index (χ1) is 11.7. The number of hydrogen-bond acceptors (Lipinski definition) is 4. The Labute approximate surface area is 153 Å². The predicted octanol–water partition coefficient (Wildman–Crippen LogP) is 2.61. The Morgan fingerprint density at radius 2 is 1.72 bits per heavy atom. The van der Waals surface area contributed by atoms with Gasteiger partial charge in [-0.15, -0.1) is 0 Å². The zero-order valence-electron chi connectivity index (χ0n) is 15.0. The van der Waals surface area contributed by atoms with Gasteiger partial charge in [-0.05, 0) is 30.0 Å². The van der Waals surface area contributed by atoms with E-state index in [1.54, 1.807) is 24.3 Å². The number of ether oxygens (including phenoxy) is 1. The summed E-state index contributed by atoms with van der Waals surface area (Å²) in [7, 11) is 1.29. The van der Waals surface area contributed by atoms with Gasteiger partial charge in [0.15, 0.2) is 0 Å². The minimum atomic E-state index is -0.708. The van der Waals surface area contributed by atoms with Crippen molar-refractivity contribution in [3.05, 3.63) is 34.9 Å². The van der Waals surface area contributed by atoms with Crippen LogP contribution in [0.4, 0.5) is 0 Å². The number of methoxy groups -OCH3 is 1. The topological polar surface area (TPSA) is 84.5 Å². The van der Waals surface area contributed by atoms with Crippen LogP contribution in [0.5, 0.6) is 0 Å². The molecule has 2 unspecified atom stereocenters. The molecule has 0 heterocycles. The van der Waals surface area contributed by atoms with E-state index in [-0.39, 0.29) is 24.2 Å². The number of esters is 1. The van der Waals surface area contributed by atoms with Crippen molar-refractivity contribution >= 4 is 29.4 Å². The number of amides is 2. The highest BCUT2D eigenvalue weighted by molar-refractivity contribution is 6.30. The summed E-state index contributed by atoms with van der Waals surface area (Å²) in [5, 5.41) is 6.00. The quantitative estimate of drug-likeness (QED) is 0.691. The van der Waals surface area contributed by atoms with Gasteiger partial charge in [0.05, 0.1) is 19.6 Å². The Kier molecular flexibility index (Phi) is 8.41. The lowest BCUT2D eigenvalue weighted by molar-refractivity contribution is -0.145. The molecule has 0 aromatic heterocycles. The number of benzene rings is 1. The fourth-order valence-corrected chi connectivity index (χ4v) is 2.59. The molecule has 7 heteroatoms. The van der Waals surface area contributed by atoms with E-state index in [1.807, 2.05) is 13.8 Å². The number of rotatable bonds is 8. The summed E-state index contributed by atoms with van der Waals surface area (Å²) < 4.78 is 4.74. The smallest absolute Gasteiger partial charge is 0.328 e. The number of carbonyl (C=O) groups excluding carboxylic acids is 3. The van der Waals surface area contributed by atoms with Gasteiger partial charge in [-0.25, -0.2) is 4.79 Å². The molecule has 6 nitrogen and oxygen atoms in total. The Morgan fingerprint density at radius 1 is 1.12 bits per heavy atom. The summed E-state index contributed by atoms with van der Waals surface area (Å²) in [6, 6.07) is 5.68. The van der Waals surface area contributed by atoms with Gasteiger partial charge in [-0.3, -0.25) is 9.59 Å². The van der Waals surface area contributed by atoms with Crippen LogP contribution < -0.4 is 10.6 Å². The van der Waals surface area contributed by atoms with Crippen molar-refractivity contribution in [1.29, 1.82) is 0 Å². The zero-order valence-corrected chi connectivity index (χ0v) is 15.7. The maximum absolute atomic E-state index is 12.4. The van der Waals surface area contributed by atoms with E-state index in [4.69, 9.17) is 16.3 Å². The molecule has 0 radical (unpaired) electrons. The third-order valence-electron chi connectivity index (χ3n) is 3.57. The Hall–Kier alpha value is -2.08. The predicted molar refractivity (Wildman–Crippen MR) is 96.0 cm³/mol. The zero-order chi connectivity index (χ0) is 19.0. The number of carbonyl (C=O) groups is 3. The minimum absolute atomic E-state index is 0.00675. The van der Waals surface area contributed by atoms with Crippen LogP contribution in [0.15, 0.2) is 24.3 Å². The van der Waals surface area contributed by atoms with Crippen molar-refractivity contribution in [3.8, 4) is 0 Å². The van der Waals surface area contributed by atoms with E-state index in [2.05, 4.69) is 10.6 Å². The molecular weight excluding hydrogens is 344 g/mol. The summed E-state index contributed by atoms with van der Waals surface area (Å²) in [4.78, 5) is 35.7. The molecule has 0 bridgehead atoms. The first-order valence-electron chi connectivity index (χ1n) is 8.12. The highest BCUT2D eigenvalue weighted by atomic mass is 35.5. The first-order valence-corrected chi connectivity index (χ1v) is 8.50. The molecule has 0 spiro atoms. The normalized spacial score (nSPS) is 13.0. The van der Waals surface area contributed by atoms with Crippen molar-refractivity contribution in [1.82, 2.24) is 10.6 Å². The first kappa shape index (κ1) is 21.0. The van der Waals surface area contributed by atoms with Crippen LogP contribution in [0, 0.1) is 5.92 Å². The molecule has 25 heavy (non-hydrogen) atoms. The monoisotopic (exact) mass is 368 g/mol. The molecule has 0 aliphatic heterocycles. The molecule has 2 amide bonds. The Bertz CT molecular complexity index is 602.